The van der Waals surface area contributed by atoms with E-state index in [0.717, 1.165) is 22.4 Å². The van der Waals surface area contributed by atoms with Gasteiger partial charge in [0.2, 0.25) is 0 Å². The molecule has 146 valence electrons. The molecule has 0 aliphatic heterocycles. The molecule has 3 nitrogen and oxygen atoms in total. The van der Waals surface area contributed by atoms with E-state index in [-0.39, 0.29) is 18.0 Å². The first-order chi connectivity index (χ1) is 13.3. The van der Waals surface area contributed by atoms with Crippen LogP contribution in [0, 0.1) is 32.4 Å². The SMILES string of the molecule is Cc1c(C)c(C(=O)N(C)Cc2ccccc2)n(Cc2c(F)cccc2F)c1C. The minimum Gasteiger partial charge on any atom is -0.336 e. The zero-order valence-corrected chi connectivity index (χ0v) is 16.6. The number of nitrogens with zero attached hydrogens (tertiary/aromatic N) is 2. The lowest BCUT2D eigenvalue weighted by Crippen LogP contribution is -2.29. The molecule has 0 aliphatic rings. The van der Waals surface area contributed by atoms with Crippen LogP contribution in [0.2, 0.25) is 0 Å². The molecule has 0 aliphatic carbocycles. The maximum absolute atomic E-state index is 14.2. The van der Waals surface area contributed by atoms with Crippen molar-refractivity contribution in [1.29, 1.82) is 0 Å². The predicted octanol–water partition coefficient (Wildman–Crippen LogP) is 5.01. The third kappa shape index (κ3) is 3.70. The number of hydrogen-bond acceptors (Lipinski definition) is 1. The Balaban J connectivity index is 1.99. The van der Waals surface area contributed by atoms with Gasteiger partial charge in [-0.2, -0.15) is 0 Å². The Labute approximate surface area is 164 Å². The Kier molecular flexibility index (Phi) is 5.63. The maximum atomic E-state index is 14.2. The van der Waals surface area contributed by atoms with Crippen LogP contribution in [-0.2, 0) is 13.1 Å². The zero-order chi connectivity index (χ0) is 20.4. The van der Waals surface area contributed by atoms with Gasteiger partial charge >= 0.3 is 0 Å². The average molecular weight is 382 g/mol. The van der Waals surface area contributed by atoms with Gasteiger partial charge < -0.3 is 9.47 Å². The monoisotopic (exact) mass is 382 g/mol. The van der Waals surface area contributed by atoms with Gasteiger partial charge in [0, 0.05) is 24.8 Å². The third-order valence-electron chi connectivity index (χ3n) is 5.32. The van der Waals surface area contributed by atoms with Gasteiger partial charge in [0.25, 0.3) is 5.91 Å². The van der Waals surface area contributed by atoms with Crippen molar-refractivity contribution < 1.29 is 13.6 Å². The van der Waals surface area contributed by atoms with Crippen LogP contribution in [0.1, 0.15) is 38.4 Å². The number of amides is 1. The molecule has 2 aromatic carbocycles. The summed E-state index contributed by atoms with van der Waals surface area (Å²) in [6.45, 7) is 6.09. The summed E-state index contributed by atoms with van der Waals surface area (Å²) in [4.78, 5) is 14.9. The first kappa shape index (κ1) is 19.8. The number of carbonyl (C=O) groups excluding carboxylic acids is 1. The fourth-order valence-electron chi connectivity index (χ4n) is 3.45. The predicted molar refractivity (Wildman–Crippen MR) is 106 cm³/mol. The lowest BCUT2D eigenvalue weighted by Gasteiger charge is -2.20. The Morgan fingerprint density at radius 2 is 1.54 bits per heavy atom. The van der Waals surface area contributed by atoms with E-state index in [0.29, 0.717) is 12.2 Å². The van der Waals surface area contributed by atoms with Crippen molar-refractivity contribution >= 4 is 5.91 Å². The van der Waals surface area contributed by atoms with Gasteiger partial charge in [-0.1, -0.05) is 36.4 Å². The minimum absolute atomic E-state index is 0.0285. The van der Waals surface area contributed by atoms with Crippen molar-refractivity contribution in [2.24, 2.45) is 0 Å². The molecule has 0 bridgehead atoms. The molecule has 1 amide bonds. The molecule has 0 saturated heterocycles. The van der Waals surface area contributed by atoms with Crippen LogP contribution >= 0.6 is 0 Å². The van der Waals surface area contributed by atoms with Crippen molar-refractivity contribution in [2.45, 2.75) is 33.9 Å². The van der Waals surface area contributed by atoms with E-state index in [1.165, 1.54) is 18.2 Å². The molecule has 0 spiro atoms. The number of aromatic nitrogens is 1. The van der Waals surface area contributed by atoms with Crippen LogP contribution in [-0.4, -0.2) is 22.4 Å². The van der Waals surface area contributed by atoms with Crippen LogP contribution in [0.3, 0.4) is 0 Å². The van der Waals surface area contributed by atoms with Gasteiger partial charge in [0.1, 0.15) is 17.3 Å². The molecule has 0 atom stereocenters. The summed E-state index contributed by atoms with van der Waals surface area (Å²) in [7, 11) is 1.74. The Hall–Kier alpha value is -2.95. The van der Waals surface area contributed by atoms with Crippen LogP contribution < -0.4 is 0 Å². The highest BCUT2D eigenvalue weighted by atomic mass is 19.1. The molecule has 1 heterocycles. The zero-order valence-electron chi connectivity index (χ0n) is 16.6. The number of hydrogen-bond donors (Lipinski definition) is 0. The van der Waals surface area contributed by atoms with E-state index in [1.807, 2.05) is 51.1 Å². The first-order valence-corrected chi connectivity index (χ1v) is 9.19. The second-order valence-corrected chi connectivity index (χ2v) is 7.12. The van der Waals surface area contributed by atoms with Crippen molar-refractivity contribution in [3.8, 4) is 0 Å². The summed E-state index contributed by atoms with van der Waals surface area (Å²) >= 11 is 0. The van der Waals surface area contributed by atoms with Crippen LogP contribution in [0.4, 0.5) is 8.78 Å². The summed E-state index contributed by atoms with van der Waals surface area (Å²) in [5.74, 6) is -1.40. The van der Waals surface area contributed by atoms with Crippen molar-refractivity contribution in [1.82, 2.24) is 9.47 Å². The molecular weight excluding hydrogens is 358 g/mol. The number of rotatable bonds is 5. The van der Waals surface area contributed by atoms with Gasteiger partial charge in [0.05, 0.1) is 6.54 Å². The number of halogens is 2. The summed E-state index contributed by atoms with van der Waals surface area (Å²) in [6.07, 6.45) is 0. The number of benzene rings is 2. The summed E-state index contributed by atoms with van der Waals surface area (Å²) in [5, 5.41) is 0. The largest absolute Gasteiger partial charge is 0.336 e. The lowest BCUT2D eigenvalue weighted by atomic mass is 10.1. The smallest absolute Gasteiger partial charge is 0.270 e. The van der Waals surface area contributed by atoms with E-state index < -0.39 is 11.6 Å². The van der Waals surface area contributed by atoms with Gasteiger partial charge in [0.15, 0.2) is 0 Å². The van der Waals surface area contributed by atoms with Gasteiger partial charge in [-0.25, -0.2) is 8.78 Å². The van der Waals surface area contributed by atoms with E-state index >= 15 is 0 Å². The quantitative estimate of drug-likeness (QED) is 0.609. The minimum atomic E-state index is -0.612. The van der Waals surface area contributed by atoms with E-state index in [2.05, 4.69) is 0 Å². The van der Waals surface area contributed by atoms with E-state index in [9.17, 15) is 13.6 Å². The average Bonchev–Trinajstić information content (AvgIpc) is 2.88. The second kappa shape index (κ2) is 7.97. The first-order valence-electron chi connectivity index (χ1n) is 9.19. The lowest BCUT2D eigenvalue weighted by molar-refractivity contribution is 0.0773. The second-order valence-electron chi connectivity index (χ2n) is 7.12. The Morgan fingerprint density at radius 3 is 2.14 bits per heavy atom. The highest BCUT2D eigenvalue weighted by molar-refractivity contribution is 5.94. The van der Waals surface area contributed by atoms with Crippen molar-refractivity contribution in [3.05, 3.63) is 93.8 Å². The van der Waals surface area contributed by atoms with Crippen molar-refractivity contribution in [3.63, 3.8) is 0 Å². The van der Waals surface area contributed by atoms with E-state index in [1.54, 1.807) is 16.5 Å². The molecule has 0 N–H and O–H groups in total. The van der Waals surface area contributed by atoms with Crippen LogP contribution in [0.5, 0.6) is 0 Å². The third-order valence-corrected chi connectivity index (χ3v) is 5.32. The molecule has 0 fully saturated rings. The van der Waals surface area contributed by atoms with Gasteiger partial charge in [-0.15, -0.1) is 0 Å². The summed E-state index contributed by atoms with van der Waals surface area (Å²) in [5.41, 5.74) is 4.06. The van der Waals surface area contributed by atoms with Crippen LogP contribution in [0.25, 0.3) is 0 Å². The highest BCUT2D eigenvalue weighted by Gasteiger charge is 2.24. The fraction of sp³-hybridized carbons (Fsp3) is 0.261. The number of carbonyl (C=O) groups is 1. The summed E-state index contributed by atoms with van der Waals surface area (Å²) in [6, 6.07) is 13.5. The molecule has 0 unspecified atom stereocenters. The molecule has 3 aromatic rings. The van der Waals surface area contributed by atoms with Gasteiger partial charge in [-0.05, 0) is 49.6 Å². The topological polar surface area (TPSA) is 25.2 Å². The molecule has 0 saturated carbocycles. The summed E-state index contributed by atoms with van der Waals surface area (Å²) < 4.78 is 30.1. The molecule has 28 heavy (non-hydrogen) atoms. The van der Waals surface area contributed by atoms with E-state index in [4.69, 9.17) is 0 Å². The molecular formula is C23H24F2N2O. The standard InChI is InChI=1S/C23H24F2N2O/c1-15-16(2)22(23(28)26(4)13-18-9-6-5-7-10-18)27(17(15)3)14-19-20(24)11-8-12-21(19)25/h5-12H,13-14H2,1-4H3. The molecule has 0 radical (unpaired) electrons. The highest BCUT2D eigenvalue weighted by Crippen LogP contribution is 2.25. The van der Waals surface area contributed by atoms with Crippen LogP contribution in [0.15, 0.2) is 48.5 Å². The van der Waals surface area contributed by atoms with Gasteiger partial charge in [-0.3, -0.25) is 4.79 Å². The molecule has 3 rings (SSSR count). The molecule has 5 heteroatoms. The normalized spacial score (nSPS) is 10.9. The maximum Gasteiger partial charge on any atom is 0.270 e. The van der Waals surface area contributed by atoms with Crippen molar-refractivity contribution in [2.75, 3.05) is 7.05 Å². The molecule has 1 aromatic heterocycles. The fourth-order valence-corrected chi connectivity index (χ4v) is 3.45. The Bertz CT molecular complexity index is 989. The Morgan fingerprint density at radius 1 is 0.929 bits per heavy atom.